The smallest absolute Gasteiger partial charge is 0.135 e. The van der Waals surface area contributed by atoms with E-state index in [0.29, 0.717) is 32.3 Å². The lowest BCUT2D eigenvalue weighted by atomic mass is 9.99. The molecule has 0 aliphatic heterocycles. The number of Topliss-reactive ketones (excluding diaryl/α,β-unsaturated/α-hetero) is 1. The molecule has 168 valence electrons. The number of aryl methyl sites for hydroxylation is 2. The van der Waals surface area contributed by atoms with Crippen LogP contribution in [0.5, 0.6) is 11.5 Å². The summed E-state index contributed by atoms with van der Waals surface area (Å²) in [6.07, 6.45) is 1.71. The lowest BCUT2D eigenvalue weighted by molar-refractivity contribution is -0.120. The first-order chi connectivity index (χ1) is 15.5. The van der Waals surface area contributed by atoms with Gasteiger partial charge in [0, 0.05) is 17.3 Å². The van der Waals surface area contributed by atoms with Gasteiger partial charge in [-0.3, -0.25) is 4.79 Å². The molecule has 0 saturated carbocycles. The first-order valence-corrected chi connectivity index (χ1v) is 11.6. The maximum absolute atomic E-state index is 12.3. The fourth-order valence-electron chi connectivity index (χ4n) is 3.50. The molecule has 0 spiro atoms. The van der Waals surface area contributed by atoms with Crippen LogP contribution in [0.25, 0.3) is 0 Å². The Morgan fingerprint density at radius 2 is 1.72 bits per heavy atom. The average Bonchev–Trinajstić information content (AvgIpc) is 2.81. The van der Waals surface area contributed by atoms with Crippen LogP contribution in [0, 0.1) is 0 Å². The highest BCUT2D eigenvalue weighted by molar-refractivity contribution is 9.10. The van der Waals surface area contributed by atoms with Gasteiger partial charge >= 0.3 is 0 Å². The molecule has 1 N–H and O–H groups in total. The topological polar surface area (TPSA) is 55.8 Å². The van der Waals surface area contributed by atoms with E-state index in [1.165, 1.54) is 0 Å². The Bertz CT molecular complexity index is 986. The van der Waals surface area contributed by atoms with Crippen molar-refractivity contribution in [3.8, 4) is 11.5 Å². The SMILES string of the molecule is COc1ccc(OCc2ccccc2)cc1CCC(O)CC(=O)CCc1ccc(Br)cc1. The van der Waals surface area contributed by atoms with E-state index in [-0.39, 0.29) is 12.2 Å². The Balaban J connectivity index is 1.48. The van der Waals surface area contributed by atoms with E-state index in [2.05, 4.69) is 15.9 Å². The number of halogens is 1. The van der Waals surface area contributed by atoms with Gasteiger partial charge in [0.1, 0.15) is 23.9 Å². The number of hydrogen-bond acceptors (Lipinski definition) is 4. The lowest BCUT2D eigenvalue weighted by Gasteiger charge is -2.14. The van der Waals surface area contributed by atoms with Crippen molar-refractivity contribution in [2.45, 2.75) is 44.8 Å². The maximum Gasteiger partial charge on any atom is 0.135 e. The third kappa shape index (κ3) is 7.81. The van der Waals surface area contributed by atoms with Crippen molar-refractivity contribution in [3.05, 3.63) is 94.0 Å². The summed E-state index contributed by atoms with van der Waals surface area (Å²) in [5, 5.41) is 10.4. The predicted octanol–water partition coefficient (Wildman–Crippen LogP) is 5.92. The largest absolute Gasteiger partial charge is 0.496 e. The molecule has 3 aromatic carbocycles. The Kier molecular flexibility index (Phi) is 9.32. The minimum Gasteiger partial charge on any atom is -0.496 e. The van der Waals surface area contributed by atoms with Gasteiger partial charge in [0.05, 0.1) is 13.2 Å². The van der Waals surface area contributed by atoms with E-state index >= 15 is 0 Å². The minimum atomic E-state index is -0.675. The molecule has 0 aliphatic rings. The molecule has 0 bridgehead atoms. The fourth-order valence-corrected chi connectivity index (χ4v) is 3.77. The highest BCUT2D eigenvalue weighted by atomic mass is 79.9. The van der Waals surface area contributed by atoms with Crippen molar-refractivity contribution in [2.75, 3.05) is 7.11 Å². The minimum absolute atomic E-state index is 0.0762. The monoisotopic (exact) mass is 496 g/mol. The van der Waals surface area contributed by atoms with Crippen molar-refractivity contribution in [1.29, 1.82) is 0 Å². The molecule has 0 saturated heterocycles. The van der Waals surface area contributed by atoms with Crippen LogP contribution in [-0.2, 0) is 24.2 Å². The van der Waals surface area contributed by atoms with Gasteiger partial charge in [0.2, 0.25) is 0 Å². The second-order valence-corrected chi connectivity index (χ2v) is 8.73. The van der Waals surface area contributed by atoms with E-state index in [9.17, 15) is 9.90 Å². The molecule has 5 heteroatoms. The second kappa shape index (κ2) is 12.4. The van der Waals surface area contributed by atoms with Crippen molar-refractivity contribution in [1.82, 2.24) is 0 Å². The number of aliphatic hydroxyl groups excluding tert-OH is 1. The number of aliphatic hydroxyl groups is 1. The zero-order chi connectivity index (χ0) is 22.8. The lowest BCUT2D eigenvalue weighted by Crippen LogP contribution is -2.15. The van der Waals surface area contributed by atoms with Crippen molar-refractivity contribution in [3.63, 3.8) is 0 Å². The molecule has 0 fully saturated rings. The summed E-state index contributed by atoms with van der Waals surface area (Å²) >= 11 is 3.41. The first-order valence-electron chi connectivity index (χ1n) is 10.8. The van der Waals surface area contributed by atoms with E-state index < -0.39 is 6.10 Å². The van der Waals surface area contributed by atoms with E-state index in [1.807, 2.05) is 72.8 Å². The number of benzene rings is 3. The van der Waals surface area contributed by atoms with Crippen molar-refractivity contribution in [2.24, 2.45) is 0 Å². The number of hydrogen-bond donors (Lipinski definition) is 1. The molecule has 3 rings (SSSR count). The molecule has 0 amide bonds. The summed E-state index contributed by atoms with van der Waals surface area (Å²) in [6.45, 7) is 0.488. The van der Waals surface area contributed by atoms with E-state index in [0.717, 1.165) is 32.7 Å². The van der Waals surface area contributed by atoms with Crippen LogP contribution in [0.2, 0.25) is 0 Å². The molecule has 1 atom stereocenters. The molecule has 0 aliphatic carbocycles. The first kappa shape index (κ1) is 24.0. The van der Waals surface area contributed by atoms with Gasteiger partial charge in [-0.05, 0) is 66.3 Å². The maximum atomic E-state index is 12.3. The molecular weight excluding hydrogens is 468 g/mol. The highest BCUT2D eigenvalue weighted by Crippen LogP contribution is 2.26. The Morgan fingerprint density at radius 3 is 2.44 bits per heavy atom. The van der Waals surface area contributed by atoms with Crippen LogP contribution in [0.15, 0.2) is 77.3 Å². The van der Waals surface area contributed by atoms with Crippen LogP contribution in [0.3, 0.4) is 0 Å². The predicted molar refractivity (Wildman–Crippen MR) is 130 cm³/mol. The average molecular weight is 497 g/mol. The van der Waals surface area contributed by atoms with Gasteiger partial charge in [-0.15, -0.1) is 0 Å². The quantitative estimate of drug-likeness (QED) is 0.338. The number of carbonyl (C=O) groups excluding carboxylic acids is 1. The van der Waals surface area contributed by atoms with Gasteiger partial charge in [-0.25, -0.2) is 0 Å². The van der Waals surface area contributed by atoms with E-state index in [4.69, 9.17) is 9.47 Å². The molecule has 4 nitrogen and oxygen atoms in total. The molecule has 32 heavy (non-hydrogen) atoms. The van der Waals surface area contributed by atoms with Crippen LogP contribution < -0.4 is 9.47 Å². The Labute approximate surface area is 198 Å². The zero-order valence-corrected chi connectivity index (χ0v) is 19.9. The van der Waals surface area contributed by atoms with E-state index in [1.54, 1.807) is 7.11 Å². The van der Waals surface area contributed by atoms with Crippen molar-refractivity contribution < 1.29 is 19.4 Å². The summed E-state index contributed by atoms with van der Waals surface area (Å²) in [5.41, 5.74) is 3.18. The van der Waals surface area contributed by atoms with Crippen molar-refractivity contribution >= 4 is 21.7 Å². The normalized spacial score (nSPS) is 11.7. The molecule has 0 aromatic heterocycles. The summed E-state index contributed by atoms with van der Waals surface area (Å²) in [7, 11) is 1.63. The standard InChI is InChI=1S/C27H29BrO4/c1-31-27-16-15-26(32-19-21-5-3-2-4-6-21)17-22(27)10-14-25(30)18-24(29)13-9-20-7-11-23(28)12-8-20/h2-8,11-12,15-17,25,30H,9-10,13-14,18-19H2,1H3. The number of ketones is 1. The summed E-state index contributed by atoms with van der Waals surface area (Å²) in [5.74, 6) is 1.59. The molecule has 0 radical (unpaired) electrons. The van der Waals surface area contributed by atoms with Crippen LogP contribution >= 0.6 is 15.9 Å². The number of carbonyl (C=O) groups is 1. The van der Waals surface area contributed by atoms with Gasteiger partial charge in [-0.1, -0.05) is 58.4 Å². The molecule has 3 aromatic rings. The Morgan fingerprint density at radius 1 is 0.969 bits per heavy atom. The number of methoxy groups -OCH3 is 1. The van der Waals surface area contributed by atoms with Gasteiger partial charge in [0.15, 0.2) is 0 Å². The van der Waals surface area contributed by atoms with Crippen LogP contribution in [-0.4, -0.2) is 24.1 Å². The van der Waals surface area contributed by atoms with Crippen LogP contribution in [0.4, 0.5) is 0 Å². The molecule has 1 unspecified atom stereocenters. The third-order valence-electron chi connectivity index (χ3n) is 5.32. The summed E-state index contributed by atoms with van der Waals surface area (Å²) in [6, 6.07) is 23.7. The molecular formula is C27H29BrO4. The van der Waals surface area contributed by atoms with Gasteiger partial charge in [-0.2, -0.15) is 0 Å². The van der Waals surface area contributed by atoms with Gasteiger partial charge in [0.25, 0.3) is 0 Å². The number of rotatable bonds is 12. The fraction of sp³-hybridized carbons (Fsp3) is 0.296. The molecule has 0 heterocycles. The highest BCUT2D eigenvalue weighted by Gasteiger charge is 2.13. The second-order valence-electron chi connectivity index (χ2n) is 7.81. The summed E-state index contributed by atoms with van der Waals surface area (Å²) < 4.78 is 12.4. The zero-order valence-electron chi connectivity index (χ0n) is 18.3. The van der Waals surface area contributed by atoms with Gasteiger partial charge < -0.3 is 14.6 Å². The summed E-state index contributed by atoms with van der Waals surface area (Å²) in [4.78, 5) is 12.3. The van der Waals surface area contributed by atoms with Crippen LogP contribution in [0.1, 0.15) is 36.0 Å². The Hall–Kier alpha value is -2.63. The number of ether oxygens (including phenoxy) is 2. The third-order valence-corrected chi connectivity index (χ3v) is 5.84.